The van der Waals surface area contributed by atoms with E-state index in [1.54, 1.807) is 7.11 Å². The third kappa shape index (κ3) is 4.42. The molecule has 0 rings (SSSR count). The van der Waals surface area contributed by atoms with Crippen LogP contribution in [0.15, 0.2) is 16.4 Å². The Kier molecular flexibility index (Phi) is 5.80. The number of ether oxygens (including phenoxy) is 1. The molecule has 0 aliphatic carbocycles. The minimum absolute atomic E-state index is 0.167. The van der Waals surface area contributed by atoms with Gasteiger partial charge in [0.1, 0.15) is 5.82 Å². The van der Waals surface area contributed by atoms with E-state index in [1.165, 1.54) is 6.21 Å². The molecule has 0 radical (unpaired) electrons. The van der Waals surface area contributed by atoms with E-state index < -0.39 is 0 Å². The van der Waals surface area contributed by atoms with Crippen molar-refractivity contribution in [1.29, 1.82) is 5.41 Å². The van der Waals surface area contributed by atoms with Crippen LogP contribution in [0.5, 0.6) is 0 Å². The second-order valence-corrected chi connectivity index (χ2v) is 2.83. The lowest BCUT2D eigenvalue weighted by Crippen LogP contribution is -2.29. The van der Waals surface area contributed by atoms with Gasteiger partial charge in [0.05, 0.1) is 6.61 Å². The monoisotopic (exact) mass is 183 g/mol. The highest BCUT2D eigenvalue weighted by Crippen LogP contribution is 2.00. The molecule has 1 unspecified atom stereocenters. The van der Waals surface area contributed by atoms with Crippen LogP contribution >= 0.6 is 0 Å². The van der Waals surface area contributed by atoms with E-state index in [0.717, 1.165) is 5.57 Å². The van der Waals surface area contributed by atoms with Crippen molar-refractivity contribution in [2.24, 2.45) is 4.99 Å². The van der Waals surface area contributed by atoms with Gasteiger partial charge in [0.2, 0.25) is 0 Å². The van der Waals surface area contributed by atoms with Crippen molar-refractivity contribution in [3.8, 4) is 0 Å². The molecule has 0 aromatic carbocycles. The zero-order valence-electron chi connectivity index (χ0n) is 8.42. The van der Waals surface area contributed by atoms with Crippen LogP contribution < -0.4 is 5.32 Å². The highest BCUT2D eigenvalue weighted by atomic mass is 16.5. The Bertz CT molecular complexity index is 211. The smallest absolute Gasteiger partial charge is 0.129 e. The van der Waals surface area contributed by atoms with Crippen molar-refractivity contribution < 1.29 is 4.74 Å². The van der Waals surface area contributed by atoms with Gasteiger partial charge in [0, 0.05) is 24.9 Å². The first kappa shape index (κ1) is 11.8. The Labute approximate surface area is 79.2 Å². The van der Waals surface area contributed by atoms with E-state index in [2.05, 4.69) is 17.0 Å². The molecule has 0 aliphatic rings. The summed E-state index contributed by atoms with van der Waals surface area (Å²) >= 11 is 0. The second kappa shape index (κ2) is 6.37. The van der Waals surface area contributed by atoms with Gasteiger partial charge in [0.25, 0.3) is 0 Å². The highest BCUT2D eigenvalue weighted by Gasteiger charge is 2.03. The van der Waals surface area contributed by atoms with Crippen LogP contribution in [0, 0.1) is 5.41 Å². The van der Waals surface area contributed by atoms with Crippen molar-refractivity contribution in [3.05, 3.63) is 11.4 Å². The summed E-state index contributed by atoms with van der Waals surface area (Å²) in [6.45, 7) is 7.82. The van der Waals surface area contributed by atoms with Crippen molar-refractivity contribution in [3.63, 3.8) is 0 Å². The Morgan fingerprint density at radius 1 is 1.77 bits per heavy atom. The number of hydrogen-bond donors (Lipinski definition) is 2. The predicted molar refractivity (Wildman–Crippen MR) is 55.5 cm³/mol. The summed E-state index contributed by atoms with van der Waals surface area (Å²) in [5.74, 6) is 0.638. The van der Waals surface area contributed by atoms with E-state index in [1.807, 2.05) is 13.8 Å². The van der Waals surface area contributed by atoms with E-state index in [0.29, 0.717) is 12.4 Å². The average molecular weight is 183 g/mol. The van der Waals surface area contributed by atoms with Crippen molar-refractivity contribution >= 4 is 12.9 Å². The van der Waals surface area contributed by atoms with Crippen LogP contribution in [0.4, 0.5) is 0 Å². The molecule has 0 bridgehead atoms. The van der Waals surface area contributed by atoms with Crippen molar-refractivity contribution in [2.45, 2.75) is 19.9 Å². The lowest BCUT2D eigenvalue weighted by Gasteiger charge is -2.14. The number of nitrogens with zero attached hydrogens (tertiary/aromatic N) is 1. The maximum absolute atomic E-state index is 7.05. The summed E-state index contributed by atoms with van der Waals surface area (Å²) in [4.78, 5) is 3.79. The first-order valence-electron chi connectivity index (χ1n) is 4.09. The van der Waals surface area contributed by atoms with Crippen LogP contribution in [0.3, 0.4) is 0 Å². The number of hydrogen-bond acceptors (Lipinski definition) is 4. The molecular formula is C9H17N3O. The molecular weight excluding hydrogens is 166 g/mol. The number of nitrogens with one attached hydrogen (secondary N) is 2. The average Bonchev–Trinajstić information content (AvgIpc) is 2.13. The number of allylic oxidation sites excluding steroid dienone is 1. The molecule has 0 heterocycles. The Balaban J connectivity index is 4.28. The van der Waals surface area contributed by atoms with E-state index in [4.69, 9.17) is 10.1 Å². The SMILES string of the molecule is C=N/C(NC(C)COC)=C(/C)C=N. The maximum Gasteiger partial charge on any atom is 0.129 e. The molecule has 74 valence electrons. The van der Waals surface area contributed by atoms with Crippen molar-refractivity contribution in [1.82, 2.24) is 5.32 Å². The summed E-state index contributed by atoms with van der Waals surface area (Å²) in [6.07, 6.45) is 1.25. The lowest BCUT2D eigenvalue weighted by molar-refractivity contribution is 0.176. The minimum Gasteiger partial charge on any atom is -0.383 e. The van der Waals surface area contributed by atoms with Gasteiger partial charge in [-0.25, -0.2) is 4.99 Å². The van der Waals surface area contributed by atoms with E-state index in [-0.39, 0.29) is 6.04 Å². The first-order valence-corrected chi connectivity index (χ1v) is 4.09. The molecule has 0 saturated carbocycles. The Hall–Kier alpha value is -1.16. The maximum atomic E-state index is 7.05. The topological polar surface area (TPSA) is 57.5 Å². The van der Waals surface area contributed by atoms with Gasteiger partial charge < -0.3 is 15.5 Å². The molecule has 2 N–H and O–H groups in total. The second-order valence-electron chi connectivity index (χ2n) is 2.83. The van der Waals surface area contributed by atoms with Gasteiger partial charge in [-0.1, -0.05) is 0 Å². The summed E-state index contributed by atoms with van der Waals surface area (Å²) in [6, 6.07) is 0.167. The Morgan fingerprint density at radius 3 is 2.77 bits per heavy atom. The summed E-state index contributed by atoms with van der Waals surface area (Å²) in [5, 5.41) is 10.1. The quantitative estimate of drug-likeness (QED) is 0.608. The van der Waals surface area contributed by atoms with Gasteiger partial charge in [0.15, 0.2) is 0 Å². The number of aliphatic imine (C=N–C) groups is 1. The van der Waals surface area contributed by atoms with E-state index in [9.17, 15) is 0 Å². The molecule has 1 atom stereocenters. The predicted octanol–water partition coefficient (Wildman–Crippen LogP) is 1.19. The fourth-order valence-electron chi connectivity index (χ4n) is 0.878. The van der Waals surface area contributed by atoms with Crippen LogP contribution in [-0.2, 0) is 4.74 Å². The molecule has 0 aromatic heterocycles. The zero-order chi connectivity index (χ0) is 10.3. The van der Waals surface area contributed by atoms with Gasteiger partial charge in [-0.05, 0) is 20.6 Å². The van der Waals surface area contributed by atoms with Gasteiger partial charge in [-0.3, -0.25) is 0 Å². The zero-order valence-corrected chi connectivity index (χ0v) is 8.42. The third-order valence-electron chi connectivity index (χ3n) is 1.55. The van der Waals surface area contributed by atoms with Gasteiger partial charge >= 0.3 is 0 Å². The lowest BCUT2D eigenvalue weighted by atomic mass is 10.3. The molecule has 4 nitrogen and oxygen atoms in total. The number of rotatable bonds is 6. The molecule has 4 heteroatoms. The number of methoxy groups -OCH3 is 1. The van der Waals surface area contributed by atoms with Crippen molar-refractivity contribution in [2.75, 3.05) is 13.7 Å². The Morgan fingerprint density at radius 2 is 2.38 bits per heavy atom. The molecule has 0 saturated heterocycles. The molecule has 0 amide bonds. The normalized spacial score (nSPS) is 14.4. The summed E-state index contributed by atoms with van der Waals surface area (Å²) < 4.78 is 4.96. The molecule has 0 aromatic rings. The van der Waals surface area contributed by atoms with Gasteiger partial charge in [-0.2, -0.15) is 0 Å². The third-order valence-corrected chi connectivity index (χ3v) is 1.55. The van der Waals surface area contributed by atoms with E-state index >= 15 is 0 Å². The molecule has 0 aliphatic heterocycles. The highest BCUT2D eigenvalue weighted by molar-refractivity contribution is 5.76. The molecule has 0 spiro atoms. The van der Waals surface area contributed by atoms with Crippen LogP contribution in [0.25, 0.3) is 0 Å². The standard InChI is InChI=1S/C9H17N3O/c1-7(5-10)9(11-3)12-8(2)6-13-4/h5,8,10,12H,3,6H2,1-2,4H3/b9-7+,10-5?. The molecule has 13 heavy (non-hydrogen) atoms. The largest absolute Gasteiger partial charge is 0.383 e. The van der Waals surface area contributed by atoms with Crippen LogP contribution in [0.1, 0.15) is 13.8 Å². The summed E-state index contributed by atoms with van der Waals surface area (Å²) in [5.41, 5.74) is 0.762. The fraction of sp³-hybridized carbons (Fsp3) is 0.556. The molecule has 0 fully saturated rings. The minimum atomic E-state index is 0.167. The van der Waals surface area contributed by atoms with Crippen LogP contribution in [-0.4, -0.2) is 32.7 Å². The summed E-state index contributed by atoms with van der Waals surface area (Å²) in [7, 11) is 1.65. The van der Waals surface area contributed by atoms with Crippen LogP contribution in [0.2, 0.25) is 0 Å². The first-order chi connectivity index (χ1) is 6.15. The fourth-order valence-corrected chi connectivity index (χ4v) is 0.878. The van der Waals surface area contributed by atoms with Gasteiger partial charge in [-0.15, -0.1) is 0 Å².